The largest absolute Gasteiger partial charge is 0.343 e. The van der Waals surface area contributed by atoms with E-state index in [4.69, 9.17) is 0 Å². The second kappa shape index (κ2) is 4.75. The van der Waals surface area contributed by atoms with Crippen LogP contribution in [0.3, 0.4) is 0 Å². The van der Waals surface area contributed by atoms with Crippen molar-refractivity contribution in [3.63, 3.8) is 0 Å². The first kappa shape index (κ1) is 12.5. The molecule has 0 aliphatic carbocycles. The Morgan fingerprint density at radius 2 is 2.11 bits per heavy atom. The zero-order valence-electron chi connectivity index (χ0n) is 10.5. The van der Waals surface area contributed by atoms with Crippen molar-refractivity contribution in [1.29, 1.82) is 0 Å². The van der Waals surface area contributed by atoms with Crippen molar-refractivity contribution < 1.29 is 9.72 Å². The van der Waals surface area contributed by atoms with Gasteiger partial charge in [-0.15, -0.1) is 0 Å². The second-order valence-electron chi connectivity index (χ2n) is 4.57. The van der Waals surface area contributed by atoms with Crippen LogP contribution in [0.4, 0.5) is 5.69 Å². The van der Waals surface area contributed by atoms with Crippen molar-refractivity contribution in [3.05, 3.63) is 22.0 Å². The Kier molecular flexibility index (Phi) is 3.31. The molecule has 18 heavy (non-hydrogen) atoms. The molecule has 1 aliphatic heterocycles. The molecule has 0 bridgehead atoms. The molecule has 0 aromatic carbocycles. The maximum Gasteiger partial charge on any atom is 0.309 e. The van der Waals surface area contributed by atoms with E-state index in [9.17, 15) is 14.9 Å². The molecule has 1 aromatic rings. The molecule has 98 valence electrons. The number of aromatic nitrogens is 2. The van der Waals surface area contributed by atoms with Gasteiger partial charge in [-0.2, -0.15) is 5.10 Å². The molecule has 7 nitrogen and oxygen atoms in total. The molecule has 1 aromatic heterocycles. The quantitative estimate of drug-likeness (QED) is 0.586. The van der Waals surface area contributed by atoms with Crippen LogP contribution in [-0.4, -0.2) is 38.6 Å². The fourth-order valence-corrected chi connectivity index (χ4v) is 2.28. The SMILES string of the molecule is CC(=O)N1CCC(n2cc([N+](=O)[O-])c(C)n2)CC1. The zero-order valence-corrected chi connectivity index (χ0v) is 10.5. The van der Waals surface area contributed by atoms with Crippen LogP contribution in [0.2, 0.25) is 0 Å². The van der Waals surface area contributed by atoms with Gasteiger partial charge >= 0.3 is 5.69 Å². The fourth-order valence-electron chi connectivity index (χ4n) is 2.28. The van der Waals surface area contributed by atoms with E-state index in [0.717, 1.165) is 12.8 Å². The van der Waals surface area contributed by atoms with Crippen LogP contribution in [0.1, 0.15) is 31.5 Å². The van der Waals surface area contributed by atoms with Crippen molar-refractivity contribution in [1.82, 2.24) is 14.7 Å². The monoisotopic (exact) mass is 252 g/mol. The lowest BCUT2D eigenvalue weighted by Gasteiger charge is -2.31. The lowest BCUT2D eigenvalue weighted by Crippen LogP contribution is -2.37. The van der Waals surface area contributed by atoms with E-state index in [2.05, 4.69) is 5.10 Å². The van der Waals surface area contributed by atoms with E-state index in [1.807, 2.05) is 0 Å². The number of rotatable bonds is 2. The number of piperidine rings is 1. The van der Waals surface area contributed by atoms with Gasteiger partial charge in [0.15, 0.2) is 0 Å². The van der Waals surface area contributed by atoms with Gasteiger partial charge in [0, 0.05) is 20.0 Å². The van der Waals surface area contributed by atoms with E-state index in [1.54, 1.807) is 23.4 Å². The van der Waals surface area contributed by atoms with Gasteiger partial charge < -0.3 is 4.90 Å². The van der Waals surface area contributed by atoms with Crippen molar-refractivity contribution in [2.24, 2.45) is 0 Å². The van der Waals surface area contributed by atoms with E-state index in [1.165, 1.54) is 6.20 Å². The lowest BCUT2D eigenvalue weighted by molar-refractivity contribution is -0.385. The lowest BCUT2D eigenvalue weighted by atomic mass is 10.1. The van der Waals surface area contributed by atoms with Crippen molar-refractivity contribution in [3.8, 4) is 0 Å². The summed E-state index contributed by atoms with van der Waals surface area (Å²) in [6.07, 6.45) is 3.07. The first-order valence-corrected chi connectivity index (χ1v) is 5.94. The van der Waals surface area contributed by atoms with Crippen LogP contribution in [0, 0.1) is 17.0 Å². The average molecular weight is 252 g/mol. The summed E-state index contributed by atoms with van der Waals surface area (Å²) in [5, 5.41) is 15.0. The minimum absolute atomic E-state index is 0.0593. The number of carbonyl (C=O) groups is 1. The normalized spacial score (nSPS) is 16.9. The van der Waals surface area contributed by atoms with E-state index in [0.29, 0.717) is 18.8 Å². The fraction of sp³-hybridized carbons (Fsp3) is 0.636. The summed E-state index contributed by atoms with van der Waals surface area (Å²) in [6.45, 7) is 4.57. The van der Waals surface area contributed by atoms with Gasteiger partial charge in [0.1, 0.15) is 11.9 Å². The molecule has 1 fully saturated rings. The number of hydrogen-bond donors (Lipinski definition) is 0. The molecule has 1 aliphatic rings. The molecule has 0 saturated carbocycles. The van der Waals surface area contributed by atoms with Crippen LogP contribution in [0.25, 0.3) is 0 Å². The molecular weight excluding hydrogens is 236 g/mol. The topological polar surface area (TPSA) is 81.3 Å². The first-order chi connectivity index (χ1) is 8.49. The Morgan fingerprint density at radius 3 is 2.56 bits per heavy atom. The predicted octanol–water partition coefficient (Wildman–Crippen LogP) is 1.28. The number of likely N-dealkylation sites (tertiary alicyclic amines) is 1. The third-order valence-corrected chi connectivity index (χ3v) is 3.37. The second-order valence-corrected chi connectivity index (χ2v) is 4.57. The van der Waals surface area contributed by atoms with Crippen LogP contribution in [0.15, 0.2) is 6.20 Å². The van der Waals surface area contributed by atoms with Crippen LogP contribution < -0.4 is 0 Å². The highest BCUT2D eigenvalue weighted by molar-refractivity contribution is 5.73. The molecule has 0 unspecified atom stereocenters. The molecule has 0 N–H and O–H groups in total. The van der Waals surface area contributed by atoms with Gasteiger partial charge in [-0.25, -0.2) is 0 Å². The molecule has 0 atom stereocenters. The molecule has 2 rings (SSSR count). The Morgan fingerprint density at radius 1 is 1.50 bits per heavy atom. The third-order valence-electron chi connectivity index (χ3n) is 3.37. The number of carbonyl (C=O) groups excluding carboxylic acids is 1. The van der Waals surface area contributed by atoms with E-state index >= 15 is 0 Å². The van der Waals surface area contributed by atoms with Crippen molar-refractivity contribution in [2.45, 2.75) is 32.7 Å². The standard InChI is InChI=1S/C11H16N4O3/c1-8-11(15(17)18)7-14(12-8)10-3-5-13(6-4-10)9(2)16/h7,10H,3-6H2,1-2H3. The molecule has 2 heterocycles. The molecule has 1 saturated heterocycles. The van der Waals surface area contributed by atoms with Gasteiger partial charge in [0.25, 0.3) is 0 Å². The van der Waals surface area contributed by atoms with Crippen molar-refractivity contribution >= 4 is 11.6 Å². The average Bonchev–Trinajstić information content (AvgIpc) is 2.71. The molecular formula is C11H16N4O3. The highest BCUT2D eigenvalue weighted by atomic mass is 16.6. The minimum atomic E-state index is -0.413. The predicted molar refractivity (Wildman–Crippen MR) is 64.1 cm³/mol. The Balaban J connectivity index is 2.08. The molecule has 0 radical (unpaired) electrons. The minimum Gasteiger partial charge on any atom is -0.343 e. The number of amides is 1. The summed E-state index contributed by atoms with van der Waals surface area (Å²) < 4.78 is 1.67. The summed E-state index contributed by atoms with van der Waals surface area (Å²) in [5.41, 5.74) is 0.498. The van der Waals surface area contributed by atoms with E-state index in [-0.39, 0.29) is 17.6 Å². The molecule has 7 heteroatoms. The number of aryl methyl sites for hydroxylation is 1. The van der Waals surface area contributed by atoms with Gasteiger partial charge in [-0.1, -0.05) is 0 Å². The van der Waals surface area contributed by atoms with Gasteiger partial charge in [-0.05, 0) is 19.8 Å². The zero-order chi connectivity index (χ0) is 13.3. The van der Waals surface area contributed by atoms with Crippen LogP contribution >= 0.6 is 0 Å². The summed E-state index contributed by atoms with van der Waals surface area (Å²) in [5.74, 6) is 0.0797. The first-order valence-electron chi connectivity index (χ1n) is 5.94. The summed E-state index contributed by atoms with van der Waals surface area (Å²) in [4.78, 5) is 23.3. The highest BCUT2D eigenvalue weighted by Crippen LogP contribution is 2.25. The van der Waals surface area contributed by atoms with Gasteiger partial charge in [0.05, 0.1) is 11.0 Å². The van der Waals surface area contributed by atoms with Crippen molar-refractivity contribution in [2.75, 3.05) is 13.1 Å². The van der Waals surface area contributed by atoms with Crippen LogP contribution in [-0.2, 0) is 4.79 Å². The number of nitrogens with zero attached hydrogens (tertiary/aromatic N) is 4. The highest BCUT2D eigenvalue weighted by Gasteiger charge is 2.25. The van der Waals surface area contributed by atoms with Crippen LogP contribution in [0.5, 0.6) is 0 Å². The molecule has 0 spiro atoms. The maximum atomic E-state index is 11.2. The van der Waals surface area contributed by atoms with Gasteiger partial charge in [0.2, 0.25) is 5.91 Å². The summed E-state index contributed by atoms with van der Waals surface area (Å²) >= 11 is 0. The van der Waals surface area contributed by atoms with Gasteiger partial charge in [-0.3, -0.25) is 19.6 Å². The smallest absolute Gasteiger partial charge is 0.309 e. The third kappa shape index (κ3) is 2.34. The maximum absolute atomic E-state index is 11.2. The van der Waals surface area contributed by atoms with E-state index < -0.39 is 4.92 Å². The summed E-state index contributed by atoms with van der Waals surface area (Å²) in [6, 6.07) is 0.146. The molecule has 1 amide bonds. The Bertz CT molecular complexity index is 475. The number of hydrogen-bond acceptors (Lipinski definition) is 4. The Hall–Kier alpha value is -1.92. The summed E-state index contributed by atoms with van der Waals surface area (Å²) in [7, 11) is 0. The Labute approximate surface area is 105 Å². The number of nitro groups is 1.